The van der Waals surface area contributed by atoms with E-state index in [4.69, 9.17) is 0 Å². The van der Waals surface area contributed by atoms with Crippen molar-refractivity contribution >= 4 is 34.3 Å². The Morgan fingerprint density at radius 3 is 2.48 bits per heavy atom. The van der Waals surface area contributed by atoms with Crippen LogP contribution in [-0.4, -0.2) is 77.2 Å². The maximum absolute atomic E-state index is 14.5. The number of Topliss-reactive ketones (excluding diaryl/α,β-unsaturated/α-hetero) is 1. The number of aryl methyl sites for hydroxylation is 3. The number of halogens is 3. The third kappa shape index (κ3) is 6.85. The molecule has 4 aromatic rings. The fourth-order valence-electron chi connectivity index (χ4n) is 7.84. The van der Waals surface area contributed by atoms with Gasteiger partial charge >= 0.3 is 6.18 Å². The number of pyridine rings is 1. The molecule has 1 aromatic carbocycles. The van der Waals surface area contributed by atoms with Gasteiger partial charge in [0, 0.05) is 54.7 Å². The van der Waals surface area contributed by atoms with E-state index in [1.165, 1.54) is 13.0 Å². The van der Waals surface area contributed by atoms with E-state index < -0.39 is 29.6 Å². The van der Waals surface area contributed by atoms with Gasteiger partial charge in [0.15, 0.2) is 5.78 Å². The van der Waals surface area contributed by atoms with Gasteiger partial charge in [0.05, 0.1) is 11.6 Å². The summed E-state index contributed by atoms with van der Waals surface area (Å²) in [6.45, 7) is 4.87. The van der Waals surface area contributed by atoms with E-state index in [1.807, 2.05) is 12.1 Å². The number of piperidine rings is 1. The lowest BCUT2D eigenvalue weighted by Crippen LogP contribution is -2.49. The predicted octanol–water partition coefficient (Wildman–Crippen LogP) is 5.14. The summed E-state index contributed by atoms with van der Waals surface area (Å²) in [5.74, 6) is -0.238. The molecule has 4 atom stereocenters. The Labute approximate surface area is 298 Å². The van der Waals surface area contributed by atoms with E-state index in [1.54, 1.807) is 35.8 Å². The highest BCUT2D eigenvalue weighted by Gasteiger charge is 2.66. The monoisotopic (exact) mass is 718 g/mol. The fourth-order valence-corrected chi connectivity index (χ4v) is 7.84. The molecule has 1 saturated carbocycles. The molecule has 2 amide bonds. The lowest BCUT2D eigenvalue weighted by atomic mass is 9.96. The van der Waals surface area contributed by atoms with Gasteiger partial charge in [0.2, 0.25) is 11.8 Å². The van der Waals surface area contributed by atoms with Gasteiger partial charge in [-0.3, -0.25) is 19.1 Å². The summed E-state index contributed by atoms with van der Waals surface area (Å²) in [4.78, 5) is 54.3. The minimum absolute atomic E-state index is 0.0836. The van der Waals surface area contributed by atoms with Crippen LogP contribution in [-0.2, 0) is 28.7 Å². The van der Waals surface area contributed by atoms with Crippen LogP contribution in [0.4, 0.5) is 19.0 Å². The van der Waals surface area contributed by atoms with E-state index in [9.17, 15) is 32.7 Å². The maximum atomic E-state index is 14.5. The van der Waals surface area contributed by atoms with Gasteiger partial charge in [-0.15, -0.1) is 0 Å². The Morgan fingerprint density at radius 2 is 1.77 bits per heavy atom. The number of carbonyl (C=O) groups is 3. The van der Waals surface area contributed by atoms with Crippen molar-refractivity contribution in [1.29, 1.82) is 0 Å². The van der Waals surface area contributed by atoms with Crippen LogP contribution in [0.25, 0.3) is 22.0 Å². The molecule has 15 heteroatoms. The van der Waals surface area contributed by atoms with Crippen molar-refractivity contribution in [3.63, 3.8) is 0 Å². The molecule has 0 radical (unpaired) electrons. The molecule has 3 aliphatic rings. The minimum atomic E-state index is -4.69. The molecule has 274 valence electrons. The SMILES string of the molecule is CC(=O)c1nn2c3c(cc(-c4cnc(C)nc4)cc13)CCCCCCC(=O)NC[C@@]13C[C@@H](C(O)Nc4nc(C(F)(F)F)ccc4C)N(C(=O)C2)[C@@H]1C3. The largest absolute Gasteiger partial charge is 0.433 e. The van der Waals surface area contributed by atoms with Crippen molar-refractivity contribution in [2.45, 2.75) is 103 Å². The lowest BCUT2D eigenvalue weighted by Gasteiger charge is -2.32. The third-order valence-electron chi connectivity index (χ3n) is 10.7. The Kier molecular flexibility index (Phi) is 9.26. The topological polar surface area (TPSA) is 155 Å². The second-order valence-electron chi connectivity index (χ2n) is 14.4. The summed E-state index contributed by atoms with van der Waals surface area (Å²) in [7, 11) is 0. The van der Waals surface area contributed by atoms with Crippen LogP contribution in [0.15, 0.2) is 36.7 Å². The number of anilines is 1. The van der Waals surface area contributed by atoms with E-state index in [0.29, 0.717) is 60.9 Å². The number of hydrogen-bond donors (Lipinski definition) is 3. The first kappa shape index (κ1) is 35.5. The number of benzene rings is 1. The zero-order chi connectivity index (χ0) is 36.9. The highest BCUT2D eigenvalue weighted by atomic mass is 19.4. The smallest absolute Gasteiger partial charge is 0.372 e. The van der Waals surface area contributed by atoms with E-state index >= 15 is 0 Å². The van der Waals surface area contributed by atoms with Gasteiger partial charge in [-0.05, 0) is 80.8 Å². The highest BCUT2D eigenvalue weighted by molar-refractivity contribution is 6.07. The second-order valence-corrected chi connectivity index (χ2v) is 14.4. The number of ketones is 1. The standard InChI is InChI=1S/C37H41F3N8O4/c1-20-10-11-28(37(38,39)40)44-34(20)45-35(52)27-14-36-15-29(36)48(27)31(51)18-47-33-23(8-6-4-5-7-9-30(50)43-19-36)12-24(25-16-41-22(3)42-17-25)13-26(33)32(46-47)21(2)49/h10-13,16-17,27,29,35,52H,4-9,14-15,18-19H2,1-3H3,(H,43,50)(H,44,45)/t27-,29+,35?,36-/m0/s1. The molecule has 3 N–H and O–H groups in total. The van der Waals surface area contributed by atoms with Crippen LogP contribution in [0, 0.1) is 19.3 Å². The summed E-state index contributed by atoms with van der Waals surface area (Å²) in [6.07, 6.45) is 2.44. The molecule has 3 aromatic heterocycles. The molecular weight excluding hydrogens is 677 g/mol. The molecule has 1 aliphatic carbocycles. The predicted molar refractivity (Wildman–Crippen MR) is 185 cm³/mol. The summed E-state index contributed by atoms with van der Waals surface area (Å²) < 4.78 is 42.1. The third-order valence-corrected chi connectivity index (χ3v) is 10.7. The van der Waals surface area contributed by atoms with Gasteiger partial charge in [-0.2, -0.15) is 18.3 Å². The summed E-state index contributed by atoms with van der Waals surface area (Å²) in [5, 5.41) is 22.6. The summed E-state index contributed by atoms with van der Waals surface area (Å²) in [6, 6.07) is 4.87. The van der Waals surface area contributed by atoms with Crippen molar-refractivity contribution in [3.05, 3.63) is 65.0 Å². The van der Waals surface area contributed by atoms with Gasteiger partial charge in [0.1, 0.15) is 35.8 Å². The summed E-state index contributed by atoms with van der Waals surface area (Å²) in [5.41, 5.74) is 2.15. The van der Waals surface area contributed by atoms with Crippen molar-refractivity contribution < 1.29 is 32.7 Å². The van der Waals surface area contributed by atoms with Crippen LogP contribution < -0.4 is 10.6 Å². The quantitative estimate of drug-likeness (QED) is 0.188. The van der Waals surface area contributed by atoms with Crippen LogP contribution in [0.5, 0.6) is 0 Å². The van der Waals surface area contributed by atoms with Gasteiger partial charge < -0.3 is 20.6 Å². The van der Waals surface area contributed by atoms with Crippen LogP contribution in [0.2, 0.25) is 0 Å². The number of rotatable bonds is 5. The molecule has 52 heavy (non-hydrogen) atoms. The number of nitrogens with zero attached hydrogens (tertiary/aromatic N) is 6. The lowest BCUT2D eigenvalue weighted by molar-refractivity contribution is -0.141. The Hall–Kier alpha value is -4.92. The van der Waals surface area contributed by atoms with Crippen LogP contribution >= 0.6 is 0 Å². The zero-order valence-electron chi connectivity index (χ0n) is 29.3. The first-order valence-electron chi connectivity index (χ1n) is 17.6. The summed E-state index contributed by atoms with van der Waals surface area (Å²) >= 11 is 0. The first-order chi connectivity index (χ1) is 24.7. The minimum Gasteiger partial charge on any atom is -0.372 e. The Morgan fingerprint density at radius 1 is 1.04 bits per heavy atom. The first-order valence-corrected chi connectivity index (χ1v) is 17.6. The van der Waals surface area contributed by atoms with E-state index in [0.717, 1.165) is 42.0 Å². The molecule has 12 nitrogen and oxygen atoms in total. The highest BCUT2D eigenvalue weighted by Crippen LogP contribution is 2.59. The van der Waals surface area contributed by atoms with Crippen LogP contribution in [0.1, 0.15) is 85.0 Å². The number of aliphatic hydroxyl groups is 1. The van der Waals surface area contributed by atoms with Gasteiger partial charge in [-0.1, -0.05) is 18.9 Å². The Bertz CT molecular complexity index is 2050. The molecule has 7 rings (SSSR count). The fraction of sp³-hybridized carbons (Fsp3) is 0.486. The van der Waals surface area contributed by atoms with Crippen LogP contribution in [0.3, 0.4) is 0 Å². The molecular formula is C37H41F3N8O4. The normalized spacial score (nSPS) is 23.2. The van der Waals surface area contributed by atoms with E-state index in [2.05, 4.69) is 30.7 Å². The average molecular weight is 719 g/mol. The molecule has 2 aliphatic heterocycles. The zero-order valence-corrected chi connectivity index (χ0v) is 29.3. The van der Waals surface area contributed by atoms with Crippen molar-refractivity contribution in [2.75, 3.05) is 11.9 Å². The average Bonchev–Trinajstić information content (AvgIpc) is 3.50. The van der Waals surface area contributed by atoms with Gasteiger partial charge in [0.25, 0.3) is 0 Å². The number of carbonyl (C=O) groups excluding carboxylic acids is 3. The number of aromatic nitrogens is 5. The maximum Gasteiger partial charge on any atom is 0.433 e. The van der Waals surface area contributed by atoms with Crippen molar-refractivity contribution in [3.8, 4) is 11.1 Å². The molecule has 5 heterocycles. The molecule has 2 fully saturated rings. The van der Waals surface area contributed by atoms with Crippen molar-refractivity contribution in [1.82, 2.24) is 34.9 Å². The van der Waals surface area contributed by atoms with Gasteiger partial charge in [-0.25, -0.2) is 15.0 Å². The second kappa shape index (κ2) is 13.6. The molecule has 1 saturated heterocycles. The van der Waals surface area contributed by atoms with E-state index in [-0.39, 0.29) is 41.7 Å². The Balaban J connectivity index is 1.27. The molecule has 0 spiro atoms. The number of alkyl halides is 3. The molecule has 1 unspecified atom stereocenters. The molecule has 2 bridgehead atoms. The number of hydrogen-bond acceptors (Lipinski definition) is 9. The van der Waals surface area contributed by atoms with Crippen molar-refractivity contribution in [2.24, 2.45) is 5.41 Å². The number of amides is 2. The number of nitrogens with one attached hydrogen (secondary N) is 2. The number of aliphatic hydroxyl groups excluding tert-OH is 1.